The number of benzene rings is 2. The molecule has 1 fully saturated rings. The van der Waals surface area contributed by atoms with Gasteiger partial charge in [-0.1, -0.05) is 42.5 Å². The fourth-order valence-corrected chi connectivity index (χ4v) is 4.56. The Balaban J connectivity index is 1.15. The van der Waals surface area contributed by atoms with Gasteiger partial charge >= 0.3 is 0 Å². The molecule has 0 radical (unpaired) electrons. The van der Waals surface area contributed by atoms with E-state index in [-0.39, 0.29) is 12.2 Å². The maximum atomic E-state index is 6.27. The average Bonchev–Trinajstić information content (AvgIpc) is 3.43. The normalized spacial score (nSPS) is 18.8. The van der Waals surface area contributed by atoms with E-state index in [0.717, 1.165) is 30.6 Å². The van der Waals surface area contributed by atoms with Crippen LogP contribution in [0.4, 0.5) is 5.82 Å². The molecule has 0 spiro atoms. The highest BCUT2D eigenvalue weighted by atomic mass is 32.2. The summed E-state index contributed by atoms with van der Waals surface area (Å²) in [7, 11) is 0. The largest absolute Gasteiger partial charge is 0.382 e. The lowest BCUT2D eigenvalue weighted by molar-refractivity contribution is 0.0448. The van der Waals surface area contributed by atoms with Crippen molar-refractivity contribution in [1.82, 2.24) is 19.3 Å². The number of ether oxygens (including phenoxy) is 1. The highest BCUT2D eigenvalue weighted by molar-refractivity contribution is 7.97. The molecule has 0 saturated carbocycles. The van der Waals surface area contributed by atoms with Crippen LogP contribution in [-0.2, 0) is 4.74 Å². The first-order valence-corrected chi connectivity index (χ1v) is 10.9. The zero-order valence-corrected chi connectivity index (χ0v) is 17.3. The maximum Gasteiger partial charge on any atom is 0.151 e. The van der Waals surface area contributed by atoms with Gasteiger partial charge in [-0.15, -0.1) is 0 Å². The average molecular weight is 418 g/mol. The first-order valence-electron chi connectivity index (χ1n) is 10.1. The zero-order chi connectivity index (χ0) is 20.3. The summed E-state index contributed by atoms with van der Waals surface area (Å²) in [5, 5.41) is 4.33. The lowest BCUT2D eigenvalue weighted by atomic mass is 10.1. The van der Waals surface area contributed by atoms with Crippen molar-refractivity contribution in [3.8, 4) is 11.1 Å². The van der Waals surface area contributed by atoms with Crippen LogP contribution in [0.15, 0.2) is 78.0 Å². The number of nitrogen functional groups attached to an aromatic ring is 1. The lowest BCUT2D eigenvalue weighted by Gasteiger charge is -2.14. The van der Waals surface area contributed by atoms with E-state index in [1.807, 2.05) is 22.7 Å². The van der Waals surface area contributed by atoms with Gasteiger partial charge in [-0.2, -0.15) is 5.10 Å². The second-order valence-corrected chi connectivity index (χ2v) is 8.33. The predicted octanol–water partition coefficient (Wildman–Crippen LogP) is 4.50. The fourth-order valence-electron chi connectivity index (χ4n) is 3.85. The van der Waals surface area contributed by atoms with Gasteiger partial charge in [-0.25, -0.2) is 9.50 Å². The van der Waals surface area contributed by atoms with E-state index in [2.05, 4.69) is 63.3 Å². The molecule has 30 heavy (non-hydrogen) atoms. The van der Waals surface area contributed by atoms with Gasteiger partial charge in [0.2, 0.25) is 0 Å². The molecule has 3 heterocycles. The third-order valence-electron chi connectivity index (χ3n) is 5.41. The summed E-state index contributed by atoms with van der Waals surface area (Å²) in [5.41, 5.74) is 10.3. The third-order valence-corrected chi connectivity index (χ3v) is 6.23. The first-order chi connectivity index (χ1) is 14.8. The van der Waals surface area contributed by atoms with Crippen molar-refractivity contribution in [2.75, 3.05) is 12.3 Å². The van der Waals surface area contributed by atoms with Gasteiger partial charge in [0.1, 0.15) is 17.9 Å². The monoisotopic (exact) mass is 417 g/mol. The Labute approximate surface area is 179 Å². The number of nitrogens with one attached hydrogen (secondary N) is 1. The van der Waals surface area contributed by atoms with Crippen LogP contribution in [0.1, 0.15) is 24.6 Å². The second kappa shape index (κ2) is 8.47. The SMILES string of the molecule is Nc1ncnn2c(C3CCC(CNSc4ccc(-c5ccccc5)cc4)O3)ccc12. The molecule has 5 rings (SSSR count). The van der Waals surface area contributed by atoms with Crippen LogP contribution in [0.2, 0.25) is 0 Å². The molecule has 3 N–H and O–H groups in total. The van der Waals surface area contributed by atoms with Crippen LogP contribution in [0.5, 0.6) is 0 Å². The van der Waals surface area contributed by atoms with Crippen molar-refractivity contribution in [1.29, 1.82) is 0 Å². The topological polar surface area (TPSA) is 77.5 Å². The van der Waals surface area contributed by atoms with Gasteiger partial charge in [0.25, 0.3) is 0 Å². The van der Waals surface area contributed by atoms with E-state index in [4.69, 9.17) is 10.5 Å². The number of anilines is 1. The maximum absolute atomic E-state index is 6.27. The van der Waals surface area contributed by atoms with Crippen molar-refractivity contribution < 1.29 is 4.74 Å². The van der Waals surface area contributed by atoms with E-state index >= 15 is 0 Å². The third kappa shape index (κ3) is 3.92. The van der Waals surface area contributed by atoms with Crippen LogP contribution in [0.3, 0.4) is 0 Å². The van der Waals surface area contributed by atoms with E-state index < -0.39 is 0 Å². The summed E-state index contributed by atoms with van der Waals surface area (Å²) in [6, 6.07) is 23.0. The predicted molar refractivity (Wildman–Crippen MR) is 120 cm³/mol. The number of hydrogen-bond donors (Lipinski definition) is 2. The molecule has 2 atom stereocenters. The molecular formula is C23H23N5OS. The number of rotatable bonds is 6. The van der Waals surface area contributed by atoms with Crippen molar-refractivity contribution in [2.24, 2.45) is 0 Å². The van der Waals surface area contributed by atoms with Crippen molar-refractivity contribution in [3.05, 3.63) is 78.8 Å². The minimum Gasteiger partial charge on any atom is -0.382 e. The molecular weight excluding hydrogens is 394 g/mol. The zero-order valence-electron chi connectivity index (χ0n) is 16.4. The van der Waals surface area contributed by atoms with Crippen LogP contribution < -0.4 is 10.5 Å². The summed E-state index contributed by atoms with van der Waals surface area (Å²) in [6.45, 7) is 0.794. The Morgan fingerprint density at radius 2 is 1.80 bits per heavy atom. The van der Waals surface area contributed by atoms with Crippen LogP contribution in [0, 0.1) is 0 Å². The van der Waals surface area contributed by atoms with E-state index in [0.29, 0.717) is 5.82 Å². The van der Waals surface area contributed by atoms with E-state index in [1.165, 1.54) is 22.3 Å². The van der Waals surface area contributed by atoms with Gasteiger partial charge in [-0.05, 0) is 60.2 Å². The molecule has 6 nitrogen and oxygen atoms in total. The molecule has 2 aromatic carbocycles. The highest BCUT2D eigenvalue weighted by Crippen LogP contribution is 2.34. The summed E-state index contributed by atoms with van der Waals surface area (Å²) in [5.74, 6) is 0.488. The molecule has 7 heteroatoms. The number of nitrogens with zero attached hydrogens (tertiary/aromatic N) is 3. The van der Waals surface area contributed by atoms with Gasteiger partial charge in [0, 0.05) is 11.4 Å². The summed E-state index contributed by atoms with van der Waals surface area (Å²) >= 11 is 1.64. The van der Waals surface area contributed by atoms with Gasteiger partial charge in [-0.3, -0.25) is 4.72 Å². The van der Waals surface area contributed by atoms with Gasteiger partial charge < -0.3 is 10.5 Å². The molecule has 152 valence electrons. The van der Waals surface area contributed by atoms with Gasteiger partial charge in [0.15, 0.2) is 5.82 Å². The minimum atomic E-state index is 0.0313. The molecule has 1 aliphatic heterocycles. The van der Waals surface area contributed by atoms with E-state index in [1.54, 1.807) is 11.9 Å². The van der Waals surface area contributed by atoms with Crippen molar-refractivity contribution in [3.63, 3.8) is 0 Å². The molecule has 2 unspecified atom stereocenters. The first kappa shape index (κ1) is 19.1. The molecule has 0 aliphatic carbocycles. The Kier molecular flexibility index (Phi) is 5.40. The molecule has 0 amide bonds. The number of fused-ring (bicyclic) bond motifs is 1. The van der Waals surface area contributed by atoms with E-state index in [9.17, 15) is 0 Å². The van der Waals surface area contributed by atoms with Crippen LogP contribution >= 0.6 is 11.9 Å². The molecule has 1 saturated heterocycles. The molecule has 0 bridgehead atoms. The molecule has 1 aliphatic rings. The Morgan fingerprint density at radius 3 is 2.63 bits per heavy atom. The summed E-state index contributed by atoms with van der Waals surface area (Å²) in [4.78, 5) is 5.24. The second-order valence-electron chi connectivity index (χ2n) is 7.37. The standard InChI is InChI=1S/C23H23N5OS/c24-23-21-12-11-20(28(21)26-15-25-23)22-13-8-18(29-22)14-27-30-19-9-6-17(7-10-19)16-4-2-1-3-5-16/h1-7,9-12,15,18,22,27H,8,13-14H2,(H2,24,25,26). The van der Waals surface area contributed by atoms with Crippen molar-refractivity contribution >= 4 is 23.3 Å². The quantitative estimate of drug-likeness (QED) is 0.450. The Bertz CT molecular complexity index is 1130. The van der Waals surface area contributed by atoms with Crippen molar-refractivity contribution in [2.45, 2.75) is 29.9 Å². The van der Waals surface area contributed by atoms with Crippen LogP contribution in [0.25, 0.3) is 16.6 Å². The minimum absolute atomic E-state index is 0.0313. The number of aromatic nitrogens is 3. The summed E-state index contributed by atoms with van der Waals surface area (Å²) in [6.07, 6.45) is 3.68. The Hall–Kier alpha value is -2.87. The molecule has 2 aromatic heterocycles. The number of hydrogen-bond acceptors (Lipinski definition) is 6. The highest BCUT2D eigenvalue weighted by Gasteiger charge is 2.28. The van der Waals surface area contributed by atoms with Crippen LogP contribution in [-0.4, -0.2) is 27.2 Å². The smallest absolute Gasteiger partial charge is 0.151 e. The Morgan fingerprint density at radius 1 is 1.00 bits per heavy atom. The number of nitrogens with two attached hydrogens (primary N) is 1. The van der Waals surface area contributed by atoms with Gasteiger partial charge in [0.05, 0.1) is 11.8 Å². The fraction of sp³-hybridized carbons (Fsp3) is 0.217. The molecule has 4 aromatic rings. The summed E-state index contributed by atoms with van der Waals surface area (Å²) < 4.78 is 11.6. The lowest BCUT2D eigenvalue weighted by Crippen LogP contribution is -2.21.